The van der Waals surface area contributed by atoms with E-state index >= 15 is 0 Å². The van der Waals surface area contributed by atoms with Gasteiger partial charge in [-0.3, -0.25) is 4.79 Å². The van der Waals surface area contributed by atoms with Crippen LogP contribution in [0, 0.1) is 0 Å². The molecule has 3 atom stereocenters. The molecule has 0 aliphatic carbocycles. The summed E-state index contributed by atoms with van der Waals surface area (Å²) in [5.41, 5.74) is 2.17. The maximum atomic E-state index is 12.3. The second-order valence-electron chi connectivity index (χ2n) is 5.38. The molecule has 19 heavy (non-hydrogen) atoms. The normalized spacial score (nSPS) is 30.6. The molecule has 0 radical (unpaired) electrons. The molecule has 0 bridgehead atoms. The van der Waals surface area contributed by atoms with Crippen LogP contribution in [0.4, 0.5) is 5.69 Å². The molecule has 0 spiro atoms. The lowest BCUT2D eigenvalue weighted by Crippen LogP contribution is -2.47. The topological polar surface area (TPSA) is 50.4 Å². The van der Waals surface area contributed by atoms with Crippen molar-refractivity contribution in [2.45, 2.75) is 44.4 Å². The standard InChI is InChI=1S/C15H20N2O2/c1-10-12(8-9-19-10)16-14-7-6-11-4-2-3-5-13(11)17-15(14)18/h2-5,10,12,14,16H,6-9H2,1H3,(H,17,18). The molecule has 3 unspecified atom stereocenters. The lowest BCUT2D eigenvalue weighted by Gasteiger charge is -2.22. The van der Waals surface area contributed by atoms with Crippen molar-refractivity contribution < 1.29 is 9.53 Å². The number of benzene rings is 1. The Balaban J connectivity index is 1.70. The van der Waals surface area contributed by atoms with Gasteiger partial charge < -0.3 is 15.4 Å². The van der Waals surface area contributed by atoms with Crippen LogP contribution in [0.5, 0.6) is 0 Å². The second-order valence-corrected chi connectivity index (χ2v) is 5.38. The quantitative estimate of drug-likeness (QED) is 0.851. The molecule has 4 heteroatoms. The van der Waals surface area contributed by atoms with Crippen LogP contribution in [-0.2, 0) is 16.0 Å². The lowest BCUT2D eigenvalue weighted by atomic mass is 10.0. The number of para-hydroxylation sites is 1. The first-order chi connectivity index (χ1) is 9.24. The number of nitrogens with one attached hydrogen (secondary N) is 2. The molecule has 102 valence electrons. The average Bonchev–Trinajstić information content (AvgIpc) is 2.73. The van der Waals surface area contributed by atoms with Crippen molar-refractivity contribution in [1.29, 1.82) is 0 Å². The zero-order valence-corrected chi connectivity index (χ0v) is 11.2. The first-order valence-electron chi connectivity index (χ1n) is 7.00. The SMILES string of the molecule is CC1OCCC1NC1CCc2ccccc2NC1=O. The summed E-state index contributed by atoms with van der Waals surface area (Å²) < 4.78 is 5.54. The summed E-state index contributed by atoms with van der Waals surface area (Å²) in [5, 5.41) is 6.47. The highest BCUT2D eigenvalue weighted by Gasteiger charge is 2.30. The molecule has 1 amide bonds. The van der Waals surface area contributed by atoms with Crippen molar-refractivity contribution in [3.8, 4) is 0 Å². The van der Waals surface area contributed by atoms with Gasteiger partial charge in [-0.1, -0.05) is 18.2 Å². The van der Waals surface area contributed by atoms with Gasteiger partial charge in [0.1, 0.15) is 0 Å². The van der Waals surface area contributed by atoms with Gasteiger partial charge in [-0.25, -0.2) is 0 Å². The van der Waals surface area contributed by atoms with E-state index in [4.69, 9.17) is 4.74 Å². The summed E-state index contributed by atoms with van der Waals surface area (Å²) in [6.45, 7) is 2.85. The molecule has 1 saturated heterocycles. The van der Waals surface area contributed by atoms with Crippen molar-refractivity contribution in [2.24, 2.45) is 0 Å². The first kappa shape index (κ1) is 12.6. The largest absolute Gasteiger partial charge is 0.377 e. The maximum absolute atomic E-state index is 12.3. The molecule has 1 aromatic rings. The van der Waals surface area contributed by atoms with E-state index in [0.29, 0.717) is 0 Å². The van der Waals surface area contributed by atoms with Gasteiger partial charge in [-0.05, 0) is 37.8 Å². The monoisotopic (exact) mass is 260 g/mol. The number of carbonyl (C=O) groups is 1. The van der Waals surface area contributed by atoms with E-state index in [-0.39, 0.29) is 24.1 Å². The fourth-order valence-corrected chi connectivity index (χ4v) is 2.88. The molecule has 2 aliphatic rings. The Morgan fingerprint density at radius 3 is 2.95 bits per heavy atom. The number of amides is 1. The molecule has 2 aliphatic heterocycles. The van der Waals surface area contributed by atoms with E-state index in [1.807, 2.05) is 18.2 Å². The van der Waals surface area contributed by atoms with E-state index < -0.39 is 0 Å². The average molecular weight is 260 g/mol. The maximum Gasteiger partial charge on any atom is 0.241 e. The van der Waals surface area contributed by atoms with Crippen LogP contribution < -0.4 is 10.6 Å². The third-order valence-corrected chi connectivity index (χ3v) is 4.09. The molecule has 1 aromatic carbocycles. The Bertz CT molecular complexity index is 475. The zero-order chi connectivity index (χ0) is 13.2. The Morgan fingerprint density at radius 2 is 2.16 bits per heavy atom. The predicted octanol–water partition coefficient (Wildman–Crippen LogP) is 1.71. The molecule has 1 fully saturated rings. The Morgan fingerprint density at radius 1 is 1.32 bits per heavy atom. The number of fused-ring (bicyclic) bond motifs is 1. The molecule has 3 rings (SSSR count). The van der Waals surface area contributed by atoms with Crippen LogP contribution in [0.1, 0.15) is 25.3 Å². The third-order valence-electron chi connectivity index (χ3n) is 4.09. The first-order valence-corrected chi connectivity index (χ1v) is 7.00. The van der Waals surface area contributed by atoms with Crippen LogP contribution >= 0.6 is 0 Å². The summed E-state index contributed by atoms with van der Waals surface area (Å²) in [5.74, 6) is 0.0732. The molecule has 2 heterocycles. The van der Waals surface area contributed by atoms with Crippen LogP contribution in [0.2, 0.25) is 0 Å². The minimum Gasteiger partial charge on any atom is -0.377 e. The van der Waals surface area contributed by atoms with E-state index in [2.05, 4.69) is 23.6 Å². The summed E-state index contributed by atoms with van der Waals surface area (Å²) in [6.07, 6.45) is 2.94. The van der Waals surface area contributed by atoms with Gasteiger partial charge in [0.25, 0.3) is 0 Å². The minimum atomic E-state index is -0.124. The van der Waals surface area contributed by atoms with E-state index in [0.717, 1.165) is 31.6 Å². The van der Waals surface area contributed by atoms with E-state index in [9.17, 15) is 4.79 Å². The van der Waals surface area contributed by atoms with Gasteiger partial charge >= 0.3 is 0 Å². The Hall–Kier alpha value is -1.39. The molecule has 4 nitrogen and oxygen atoms in total. The fraction of sp³-hybridized carbons (Fsp3) is 0.533. The van der Waals surface area contributed by atoms with Crippen molar-refractivity contribution in [3.05, 3.63) is 29.8 Å². The van der Waals surface area contributed by atoms with Crippen LogP contribution in [-0.4, -0.2) is 30.7 Å². The molecule has 0 aromatic heterocycles. The molecule has 2 N–H and O–H groups in total. The van der Waals surface area contributed by atoms with Crippen LogP contribution in [0.3, 0.4) is 0 Å². The minimum absolute atomic E-state index is 0.0732. The number of rotatable bonds is 2. The highest BCUT2D eigenvalue weighted by molar-refractivity contribution is 5.96. The van der Waals surface area contributed by atoms with E-state index in [1.54, 1.807) is 0 Å². The number of hydrogen-bond acceptors (Lipinski definition) is 3. The van der Waals surface area contributed by atoms with Crippen LogP contribution in [0.15, 0.2) is 24.3 Å². The second kappa shape index (κ2) is 5.31. The van der Waals surface area contributed by atoms with Gasteiger partial charge in [0.2, 0.25) is 5.91 Å². The zero-order valence-electron chi connectivity index (χ0n) is 11.2. The lowest BCUT2D eigenvalue weighted by molar-refractivity contribution is -0.118. The number of ether oxygens (including phenoxy) is 1. The van der Waals surface area contributed by atoms with Crippen molar-refractivity contribution in [1.82, 2.24) is 5.32 Å². The summed E-state index contributed by atoms with van der Waals surface area (Å²) in [4.78, 5) is 12.3. The summed E-state index contributed by atoms with van der Waals surface area (Å²) >= 11 is 0. The third kappa shape index (κ3) is 2.65. The smallest absolute Gasteiger partial charge is 0.241 e. The van der Waals surface area contributed by atoms with Gasteiger partial charge in [-0.2, -0.15) is 0 Å². The van der Waals surface area contributed by atoms with Gasteiger partial charge in [-0.15, -0.1) is 0 Å². The van der Waals surface area contributed by atoms with Gasteiger partial charge in [0, 0.05) is 18.3 Å². The van der Waals surface area contributed by atoms with Gasteiger partial charge in [0.15, 0.2) is 0 Å². The molecular formula is C15H20N2O2. The highest BCUT2D eigenvalue weighted by Crippen LogP contribution is 2.22. The van der Waals surface area contributed by atoms with Crippen molar-refractivity contribution >= 4 is 11.6 Å². The van der Waals surface area contributed by atoms with Crippen LogP contribution in [0.25, 0.3) is 0 Å². The summed E-state index contributed by atoms with van der Waals surface area (Å²) in [7, 11) is 0. The van der Waals surface area contributed by atoms with Gasteiger partial charge in [0.05, 0.1) is 12.1 Å². The molecule has 0 saturated carbocycles. The molecular weight excluding hydrogens is 240 g/mol. The number of anilines is 1. The summed E-state index contributed by atoms with van der Waals surface area (Å²) in [6, 6.07) is 8.19. The number of hydrogen-bond donors (Lipinski definition) is 2. The Kier molecular flexibility index (Phi) is 3.53. The van der Waals surface area contributed by atoms with Crippen molar-refractivity contribution in [3.63, 3.8) is 0 Å². The number of carbonyl (C=O) groups excluding carboxylic acids is 1. The number of aryl methyl sites for hydroxylation is 1. The van der Waals surface area contributed by atoms with E-state index in [1.165, 1.54) is 5.56 Å². The highest BCUT2D eigenvalue weighted by atomic mass is 16.5. The van der Waals surface area contributed by atoms with Crippen molar-refractivity contribution in [2.75, 3.05) is 11.9 Å². The Labute approximate surface area is 113 Å². The fourth-order valence-electron chi connectivity index (χ4n) is 2.88. The predicted molar refractivity (Wildman–Crippen MR) is 74.1 cm³/mol.